The number of carbonyl (C=O) groups excluding carboxylic acids is 2. The van der Waals surface area contributed by atoms with Crippen molar-refractivity contribution in [3.8, 4) is 0 Å². The second-order valence-electron chi connectivity index (χ2n) is 5.27. The van der Waals surface area contributed by atoms with E-state index in [1.807, 2.05) is 20.3 Å². The van der Waals surface area contributed by atoms with Gasteiger partial charge in [0.15, 0.2) is 0 Å². The van der Waals surface area contributed by atoms with Gasteiger partial charge in [-0.05, 0) is 12.0 Å². The molecule has 0 aromatic carbocycles. The molecule has 4 atom stereocenters. The van der Waals surface area contributed by atoms with Gasteiger partial charge in [0.25, 0.3) is 5.97 Å². The fourth-order valence-corrected chi connectivity index (χ4v) is 2.59. The molecule has 3 unspecified atom stereocenters. The fraction of sp³-hybridized carbons (Fsp3) is 0.769. The molecule has 1 rings (SSSR count). The van der Waals surface area contributed by atoms with Crippen molar-refractivity contribution in [3.63, 3.8) is 0 Å². The number of nitrogens with two attached hydrogens (primary N) is 1. The average Bonchev–Trinajstić information content (AvgIpc) is 2.66. The molecule has 0 aromatic heterocycles. The Labute approximate surface area is 140 Å². The van der Waals surface area contributed by atoms with Crippen molar-refractivity contribution in [2.24, 2.45) is 23.5 Å². The minimum absolute atomic E-state index is 0. The molecule has 3 N–H and O–H groups in total. The third-order valence-corrected chi connectivity index (χ3v) is 3.48. The normalized spacial score (nSPS) is 27.6. The van der Waals surface area contributed by atoms with Crippen LogP contribution in [0.25, 0.3) is 0 Å². The fourth-order valence-electron chi connectivity index (χ4n) is 2.59. The van der Waals surface area contributed by atoms with Gasteiger partial charge in [-0.1, -0.05) is 26.2 Å². The summed E-state index contributed by atoms with van der Waals surface area (Å²) in [5, 5.41) is 2.93. The summed E-state index contributed by atoms with van der Waals surface area (Å²) in [4.78, 5) is 22.8. The SMILES string of the molecule is COC(=O)C1[CH-][C@@H](C(NC(C)=O)C(C)C)C(N)C1.[Y]. The summed E-state index contributed by atoms with van der Waals surface area (Å²) in [5.41, 5.74) is 6.09. The van der Waals surface area contributed by atoms with Crippen molar-refractivity contribution >= 4 is 11.9 Å². The topological polar surface area (TPSA) is 81.4 Å². The van der Waals surface area contributed by atoms with Crippen LogP contribution in [0.2, 0.25) is 0 Å². The Balaban J connectivity index is 0.00000324. The molecule has 0 spiro atoms. The number of rotatable bonds is 4. The Morgan fingerprint density at radius 3 is 2.42 bits per heavy atom. The molecule has 1 fully saturated rings. The Hall–Kier alpha value is 0.00390. The number of esters is 1. The summed E-state index contributed by atoms with van der Waals surface area (Å²) in [6.45, 7) is 5.56. The number of nitrogens with one attached hydrogen (secondary N) is 1. The van der Waals surface area contributed by atoms with Crippen LogP contribution in [0, 0.1) is 24.2 Å². The van der Waals surface area contributed by atoms with Crippen molar-refractivity contribution in [1.29, 1.82) is 0 Å². The van der Waals surface area contributed by atoms with E-state index >= 15 is 0 Å². The zero-order chi connectivity index (χ0) is 13.9. The summed E-state index contributed by atoms with van der Waals surface area (Å²) in [6, 6.07) is -0.152. The van der Waals surface area contributed by atoms with Crippen molar-refractivity contribution < 1.29 is 47.0 Å². The van der Waals surface area contributed by atoms with E-state index in [9.17, 15) is 9.59 Å². The van der Waals surface area contributed by atoms with Crippen LogP contribution in [0.5, 0.6) is 0 Å². The summed E-state index contributed by atoms with van der Waals surface area (Å²) in [7, 11) is 1.38. The predicted octanol–water partition coefficient (Wildman–Crippen LogP) is 0.485. The van der Waals surface area contributed by atoms with E-state index < -0.39 is 0 Å². The second-order valence-corrected chi connectivity index (χ2v) is 5.27. The average molecular weight is 344 g/mol. The van der Waals surface area contributed by atoms with E-state index in [1.54, 1.807) is 0 Å². The Morgan fingerprint density at radius 1 is 1.42 bits per heavy atom. The maximum absolute atomic E-state index is 11.5. The van der Waals surface area contributed by atoms with Gasteiger partial charge in [0.2, 0.25) is 5.91 Å². The summed E-state index contributed by atoms with van der Waals surface area (Å²) >= 11 is 0. The number of ether oxygens (including phenoxy) is 1. The number of methoxy groups -OCH3 is 1. The van der Waals surface area contributed by atoms with E-state index in [0.717, 1.165) is 0 Å². The minimum Gasteiger partial charge on any atom is -0.471 e. The van der Waals surface area contributed by atoms with Crippen LogP contribution < -0.4 is 11.1 Å². The summed E-state index contributed by atoms with van der Waals surface area (Å²) < 4.78 is 4.74. The Bertz CT molecular complexity index is 323. The van der Waals surface area contributed by atoms with Crippen LogP contribution in [0.3, 0.4) is 0 Å². The van der Waals surface area contributed by atoms with Gasteiger partial charge in [-0.25, -0.2) is 0 Å². The maximum atomic E-state index is 11.5. The van der Waals surface area contributed by atoms with Crippen molar-refractivity contribution in [1.82, 2.24) is 5.32 Å². The molecule has 0 heterocycles. The first-order valence-electron chi connectivity index (χ1n) is 6.32. The van der Waals surface area contributed by atoms with Crippen LogP contribution >= 0.6 is 0 Å². The largest absolute Gasteiger partial charge is 0.471 e. The Kier molecular flexibility index (Phi) is 8.33. The molecule has 107 valence electrons. The molecule has 0 bridgehead atoms. The number of amides is 1. The molecule has 0 aliphatic heterocycles. The molecule has 19 heavy (non-hydrogen) atoms. The van der Waals surface area contributed by atoms with Gasteiger partial charge in [0, 0.05) is 45.7 Å². The standard InChI is InChI=1S/C13H23N2O3.Y/c1-7(2)12(15-8(3)16)10-5-9(6-11(10)14)13(17)18-4;/h5,7,9-12H,6,14H2,1-4H3,(H,15,16);/q-1;/t9?,10-,11?,12?;/m1./s1. The van der Waals surface area contributed by atoms with Crippen LogP contribution in [-0.2, 0) is 47.0 Å². The number of hydrogen-bond donors (Lipinski definition) is 2. The number of hydrogen-bond acceptors (Lipinski definition) is 4. The first-order valence-corrected chi connectivity index (χ1v) is 6.32. The number of carbonyl (C=O) groups is 2. The molecule has 1 aliphatic carbocycles. The minimum atomic E-state index is -0.259. The van der Waals surface area contributed by atoms with Gasteiger partial charge in [0.05, 0.1) is 7.11 Å². The van der Waals surface area contributed by atoms with E-state index in [4.69, 9.17) is 10.5 Å². The first-order chi connectivity index (χ1) is 8.36. The molecule has 6 heteroatoms. The van der Waals surface area contributed by atoms with E-state index in [0.29, 0.717) is 6.42 Å². The third-order valence-electron chi connectivity index (χ3n) is 3.48. The predicted molar refractivity (Wildman–Crippen MR) is 68.3 cm³/mol. The molecular formula is C13H23N2O3Y-. The molecule has 1 saturated carbocycles. The van der Waals surface area contributed by atoms with E-state index in [1.165, 1.54) is 14.0 Å². The van der Waals surface area contributed by atoms with Crippen LogP contribution in [0.15, 0.2) is 0 Å². The van der Waals surface area contributed by atoms with Crippen molar-refractivity contribution in [2.75, 3.05) is 7.11 Å². The third kappa shape index (κ3) is 5.12. The maximum Gasteiger partial charge on any atom is 0.278 e. The van der Waals surface area contributed by atoms with Crippen LogP contribution in [0.4, 0.5) is 0 Å². The van der Waals surface area contributed by atoms with Gasteiger partial charge in [-0.3, -0.25) is 9.59 Å². The molecular weight excluding hydrogens is 321 g/mol. The molecule has 0 saturated heterocycles. The molecule has 0 aromatic rings. The smallest absolute Gasteiger partial charge is 0.278 e. The summed E-state index contributed by atoms with van der Waals surface area (Å²) in [5.74, 6) is -0.310. The van der Waals surface area contributed by atoms with Gasteiger partial charge >= 0.3 is 0 Å². The zero-order valence-corrected chi connectivity index (χ0v) is 14.9. The van der Waals surface area contributed by atoms with Crippen molar-refractivity contribution in [3.05, 3.63) is 6.42 Å². The monoisotopic (exact) mass is 344 g/mol. The quantitative estimate of drug-likeness (QED) is 0.574. The van der Waals surface area contributed by atoms with Gasteiger partial charge < -0.3 is 22.2 Å². The summed E-state index contributed by atoms with van der Waals surface area (Å²) in [6.07, 6.45) is 2.51. The van der Waals surface area contributed by atoms with E-state index in [2.05, 4.69) is 5.32 Å². The van der Waals surface area contributed by atoms with Crippen LogP contribution in [-0.4, -0.2) is 31.1 Å². The zero-order valence-electron chi connectivity index (χ0n) is 12.1. The molecule has 1 aliphatic rings. The second kappa shape index (κ2) is 8.33. The van der Waals surface area contributed by atoms with Crippen molar-refractivity contribution in [2.45, 2.75) is 39.3 Å². The molecule has 1 amide bonds. The van der Waals surface area contributed by atoms with E-state index in [-0.39, 0.29) is 74.4 Å². The molecule has 5 nitrogen and oxygen atoms in total. The first kappa shape index (κ1) is 19.0. The van der Waals surface area contributed by atoms with Gasteiger partial charge in [0.1, 0.15) is 0 Å². The van der Waals surface area contributed by atoms with Gasteiger partial charge in [-0.2, -0.15) is 0 Å². The Morgan fingerprint density at radius 2 is 2.00 bits per heavy atom. The van der Waals surface area contributed by atoms with Crippen LogP contribution in [0.1, 0.15) is 27.2 Å². The van der Waals surface area contributed by atoms with Gasteiger partial charge in [-0.15, -0.1) is 5.92 Å². The molecule has 1 radical (unpaired) electrons.